The van der Waals surface area contributed by atoms with E-state index < -0.39 is 7.60 Å². The Morgan fingerprint density at radius 1 is 1.07 bits per heavy atom. The van der Waals surface area contributed by atoms with E-state index in [0.717, 1.165) is 16.3 Å². The molecule has 2 heterocycles. The molecule has 1 aromatic heterocycles. The summed E-state index contributed by atoms with van der Waals surface area (Å²) in [4.78, 5) is 6.51. The molecule has 1 saturated heterocycles. The van der Waals surface area contributed by atoms with Crippen molar-refractivity contribution >= 4 is 29.7 Å². The van der Waals surface area contributed by atoms with E-state index in [1.54, 1.807) is 0 Å². The SMILES string of the molecule is COP(=O)(OC)c1nc(Cc2cccc3ccccc23)oc1N1CCOCC1. The van der Waals surface area contributed by atoms with Gasteiger partial charge in [0.25, 0.3) is 0 Å². The lowest BCUT2D eigenvalue weighted by atomic mass is 10.0. The zero-order chi connectivity index (χ0) is 19.6. The van der Waals surface area contributed by atoms with E-state index in [4.69, 9.17) is 18.2 Å². The van der Waals surface area contributed by atoms with Crippen molar-refractivity contribution in [2.75, 3.05) is 45.4 Å². The Bertz CT molecular complexity index is 1000. The van der Waals surface area contributed by atoms with Crippen molar-refractivity contribution in [2.45, 2.75) is 6.42 Å². The molecular weight excluding hydrogens is 379 g/mol. The Labute approximate surface area is 163 Å². The molecule has 1 fully saturated rings. The van der Waals surface area contributed by atoms with Gasteiger partial charge in [0.15, 0.2) is 0 Å². The molecule has 1 aliphatic heterocycles. The van der Waals surface area contributed by atoms with Gasteiger partial charge in [0.05, 0.1) is 19.6 Å². The molecule has 0 unspecified atom stereocenters. The molecular formula is C20H23N2O5P. The van der Waals surface area contributed by atoms with Crippen LogP contribution in [0.15, 0.2) is 46.9 Å². The van der Waals surface area contributed by atoms with Gasteiger partial charge < -0.3 is 23.1 Å². The second kappa shape index (κ2) is 8.05. The van der Waals surface area contributed by atoms with Crippen molar-refractivity contribution in [2.24, 2.45) is 0 Å². The minimum absolute atomic E-state index is 0.217. The van der Waals surface area contributed by atoms with Gasteiger partial charge in [-0.15, -0.1) is 0 Å². The highest BCUT2D eigenvalue weighted by Crippen LogP contribution is 2.47. The summed E-state index contributed by atoms with van der Waals surface area (Å²) in [5.41, 5.74) is 1.30. The average Bonchev–Trinajstić information content (AvgIpc) is 3.18. The number of hydrogen-bond acceptors (Lipinski definition) is 7. The van der Waals surface area contributed by atoms with Crippen LogP contribution in [0.4, 0.5) is 5.88 Å². The summed E-state index contributed by atoms with van der Waals surface area (Å²) in [6, 6.07) is 14.3. The summed E-state index contributed by atoms with van der Waals surface area (Å²) in [6.45, 7) is 2.40. The summed E-state index contributed by atoms with van der Waals surface area (Å²) in [5, 5.41) is 2.29. The molecule has 3 aromatic rings. The molecule has 148 valence electrons. The van der Waals surface area contributed by atoms with Gasteiger partial charge in [-0.3, -0.25) is 4.57 Å². The Hall–Kier alpha value is -2.18. The summed E-state index contributed by atoms with van der Waals surface area (Å²) >= 11 is 0. The second-order valence-corrected chi connectivity index (χ2v) is 8.66. The van der Waals surface area contributed by atoms with Crippen LogP contribution in [0.25, 0.3) is 10.8 Å². The molecule has 8 heteroatoms. The lowest BCUT2D eigenvalue weighted by molar-refractivity contribution is 0.120. The highest BCUT2D eigenvalue weighted by molar-refractivity contribution is 7.62. The van der Waals surface area contributed by atoms with Gasteiger partial charge >= 0.3 is 7.60 Å². The minimum Gasteiger partial charge on any atom is -0.424 e. The van der Waals surface area contributed by atoms with E-state index in [9.17, 15) is 4.57 Å². The largest absolute Gasteiger partial charge is 0.424 e. The monoisotopic (exact) mass is 402 g/mol. The van der Waals surface area contributed by atoms with Crippen LogP contribution in [-0.4, -0.2) is 45.5 Å². The van der Waals surface area contributed by atoms with Gasteiger partial charge in [-0.2, -0.15) is 0 Å². The lowest BCUT2D eigenvalue weighted by Crippen LogP contribution is -2.38. The molecule has 2 aromatic carbocycles. The molecule has 0 radical (unpaired) electrons. The smallest absolute Gasteiger partial charge is 0.384 e. The van der Waals surface area contributed by atoms with Crippen molar-refractivity contribution in [3.05, 3.63) is 53.9 Å². The molecule has 1 aliphatic rings. The highest BCUT2D eigenvalue weighted by atomic mass is 31.2. The van der Waals surface area contributed by atoms with Crippen LogP contribution in [0.2, 0.25) is 0 Å². The van der Waals surface area contributed by atoms with E-state index in [-0.39, 0.29) is 5.44 Å². The number of rotatable bonds is 6. The fraction of sp³-hybridized carbons (Fsp3) is 0.350. The molecule has 0 bridgehead atoms. The first-order valence-electron chi connectivity index (χ1n) is 9.16. The maximum absolute atomic E-state index is 13.1. The first kappa shape index (κ1) is 19.2. The van der Waals surface area contributed by atoms with Crippen LogP contribution in [0.1, 0.15) is 11.5 Å². The number of aromatic nitrogens is 1. The number of morpholine rings is 1. The topological polar surface area (TPSA) is 74.0 Å². The Morgan fingerprint density at radius 3 is 2.54 bits per heavy atom. The maximum Gasteiger partial charge on any atom is 0.384 e. The molecule has 7 nitrogen and oxygen atoms in total. The number of nitrogens with zero attached hydrogens (tertiary/aromatic N) is 2. The van der Waals surface area contributed by atoms with Crippen LogP contribution >= 0.6 is 7.60 Å². The number of anilines is 1. The van der Waals surface area contributed by atoms with Crippen LogP contribution in [-0.2, 0) is 24.8 Å². The van der Waals surface area contributed by atoms with E-state index in [1.165, 1.54) is 14.2 Å². The Morgan fingerprint density at radius 2 is 1.79 bits per heavy atom. The molecule has 0 amide bonds. The fourth-order valence-corrected chi connectivity index (χ4v) is 4.58. The molecule has 0 atom stereocenters. The molecule has 0 N–H and O–H groups in total. The molecule has 0 aliphatic carbocycles. The molecule has 0 spiro atoms. The number of hydrogen-bond donors (Lipinski definition) is 0. The van der Waals surface area contributed by atoms with Crippen LogP contribution in [0.5, 0.6) is 0 Å². The van der Waals surface area contributed by atoms with Gasteiger partial charge in [0.1, 0.15) is 0 Å². The van der Waals surface area contributed by atoms with Gasteiger partial charge in [-0.25, -0.2) is 4.98 Å². The van der Waals surface area contributed by atoms with Crippen molar-refractivity contribution in [1.82, 2.24) is 4.98 Å². The van der Waals surface area contributed by atoms with Crippen molar-refractivity contribution < 1.29 is 22.8 Å². The normalized spacial score (nSPS) is 15.3. The summed E-state index contributed by atoms with van der Waals surface area (Å²) in [5.74, 6) is 0.910. The van der Waals surface area contributed by atoms with E-state index in [1.807, 2.05) is 29.2 Å². The van der Waals surface area contributed by atoms with E-state index in [0.29, 0.717) is 44.5 Å². The van der Waals surface area contributed by atoms with E-state index >= 15 is 0 Å². The van der Waals surface area contributed by atoms with Crippen LogP contribution in [0, 0.1) is 0 Å². The molecule has 0 saturated carbocycles. The zero-order valence-electron chi connectivity index (χ0n) is 16.0. The standard InChI is InChI=1S/C20H23N2O5P/c1-24-28(23,25-2)19-20(22-10-12-26-13-11-22)27-18(21-19)14-16-8-5-7-15-6-3-4-9-17(15)16/h3-9H,10-14H2,1-2H3. The van der Waals surface area contributed by atoms with E-state index in [2.05, 4.69) is 23.2 Å². The van der Waals surface area contributed by atoms with Gasteiger partial charge in [-0.1, -0.05) is 42.5 Å². The second-order valence-electron chi connectivity index (χ2n) is 6.51. The fourth-order valence-electron chi connectivity index (χ4n) is 3.43. The first-order valence-corrected chi connectivity index (χ1v) is 10.7. The predicted octanol–water partition coefficient (Wildman–Crippen LogP) is 3.37. The summed E-state index contributed by atoms with van der Waals surface area (Å²) in [6.07, 6.45) is 0.478. The maximum atomic E-state index is 13.1. The highest BCUT2D eigenvalue weighted by Gasteiger charge is 2.36. The van der Waals surface area contributed by atoms with Gasteiger partial charge in [-0.05, 0) is 16.3 Å². The first-order chi connectivity index (χ1) is 13.6. The third-order valence-electron chi connectivity index (χ3n) is 4.90. The number of ether oxygens (including phenoxy) is 1. The third-order valence-corrected chi connectivity index (χ3v) is 6.67. The van der Waals surface area contributed by atoms with Gasteiger partial charge in [0.2, 0.25) is 17.2 Å². The van der Waals surface area contributed by atoms with Crippen molar-refractivity contribution in [1.29, 1.82) is 0 Å². The summed E-state index contributed by atoms with van der Waals surface area (Å²) < 4.78 is 35.0. The Kier molecular flexibility index (Phi) is 5.51. The van der Waals surface area contributed by atoms with Crippen LogP contribution in [0.3, 0.4) is 0 Å². The van der Waals surface area contributed by atoms with Gasteiger partial charge in [0, 0.05) is 27.3 Å². The predicted molar refractivity (Wildman–Crippen MR) is 108 cm³/mol. The third kappa shape index (κ3) is 3.59. The zero-order valence-corrected chi connectivity index (χ0v) is 16.9. The van der Waals surface area contributed by atoms with Crippen molar-refractivity contribution in [3.63, 3.8) is 0 Å². The number of oxazole rings is 1. The lowest BCUT2D eigenvalue weighted by Gasteiger charge is -2.27. The summed E-state index contributed by atoms with van der Waals surface area (Å²) in [7, 11) is -0.850. The average molecular weight is 402 g/mol. The number of fused-ring (bicyclic) bond motifs is 1. The molecule has 28 heavy (non-hydrogen) atoms. The van der Waals surface area contributed by atoms with Crippen LogP contribution < -0.4 is 10.3 Å². The molecule has 4 rings (SSSR count). The quantitative estimate of drug-likeness (QED) is 0.585. The number of benzene rings is 2. The Balaban J connectivity index is 1.75. The van der Waals surface area contributed by atoms with Crippen molar-refractivity contribution in [3.8, 4) is 0 Å². The minimum atomic E-state index is -3.56.